The molecule has 0 spiro atoms. The van der Waals surface area contributed by atoms with Crippen molar-refractivity contribution in [2.45, 2.75) is 122 Å². The summed E-state index contributed by atoms with van der Waals surface area (Å²) in [6, 6.07) is 1.80. The molecular formula is C28H47O7P. The molecule has 2 heterocycles. The van der Waals surface area contributed by atoms with Crippen molar-refractivity contribution in [2.24, 2.45) is 0 Å². The second-order valence-electron chi connectivity index (χ2n) is 9.72. The van der Waals surface area contributed by atoms with Crippen LogP contribution in [0, 0.1) is 0 Å². The van der Waals surface area contributed by atoms with Gasteiger partial charge in [0.2, 0.25) is 0 Å². The summed E-state index contributed by atoms with van der Waals surface area (Å²) in [6.45, 7) is 2.19. The fourth-order valence-electron chi connectivity index (χ4n) is 4.38. The van der Waals surface area contributed by atoms with Gasteiger partial charge in [-0.15, -0.1) is 0 Å². The lowest BCUT2D eigenvalue weighted by atomic mass is 10.0. The van der Waals surface area contributed by atoms with Gasteiger partial charge in [-0.1, -0.05) is 111 Å². The number of cyclic esters (lactones) is 1. The van der Waals surface area contributed by atoms with Crippen LogP contribution in [-0.4, -0.2) is 46.7 Å². The minimum atomic E-state index is -1.40. The number of aliphatic hydroxyl groups excluding tert-OH is 3. The summed E-state index contributed by atoms with van der Waals surface area (Å²) >= 11 is 0. The van der Waals surface area contributed by atoms with Crippen molar-refractivity contribution in [1.29, 1.82) is 0 Å². The zero-order valence-corrected chi connectivity index (χ0v) is 23.0. The lowest BCUT2D eigenvalue weighted by molar-refractivity contribution is -0.147. The molecule has 3 N–H and O–H groups in total. The van der Waals surface area contributed by atoms with E-state index < -0.39 is 30.5 Å². The van der Waals surface area contributed by atoms with E-state index in [0.717, 1.165) is 12.8 Å². The Morgan fingerprint density at radius 3 is 1.97 bits per heavy atom. The Hall–Kier alpha value is -1.69. The maximum absolute atomic E-state index is 12.0. The number of hydrogen-bond donors (Lipinski definition) is 3. The molecule has 0 aromatic carbocycles. The Morgan fingerprint density at radius 2 is 1.44 bits per heavy atom. The molecule has 0 saturated heterocycles. The molecule has 0 amide bonds. The highest BCUT2D eigenvalue weighted by Gasteiger charge is 2.41. The molecule has 0 bridgehead atoms. The Labute approximate surface area is 218 Å². The maximum Gasteiger partial charge on any atom is 0.378 e. The molecule has 1 unspecified atom stereocenters. The minimum absolute atomic E-state index is 0.170. The van der Waals surface area contributed by atoms with Gasteiger partial charge in [0.15, 0.2) is 23.1 Å². The maximum atomic E-state index is 12.0. The first kappa shape index (κ1) is 30.5. The van der Waals surface area contributed by atoms with Gasteiger partial charge in [-0.05, 0) is 18.3 Å². The molecular weight excluding hydrogens is 479 g/mol. The van der Waals surface area contributed by atoms with E-state index in [2.05, 4.69) is 6.92 Å². The summed E-state index contributed by atoms with van der Waals surface area (Å²) in [7, 11) is 0.170. The van der Waals surface area contributed by atoms with Crippen molar-refractivity contribution in [2.75, 3.05) is 13.2 Å². The van der Waals surface area contributed by atoms with E-state index in [-0.39, 0.29) is 14.0 Å². The fourth-order valence-corrected chi connectivity index (χ4v) is 5.22. The number of rotatable bonds is 22. The third-order valence-corrected chi connectivity index (χ3v) is 7.53. The molecule has 1 aromatic heterocycles. The number of ether oxygens (including phenoxy) is 3. The zero-order valence-electron chi connectivity index (χ0n) is 22.0. The standard InChI is InChI=1S/C28H47O7P/c1-2-3-4-5-6-7-8-9-10-11-12-13-14-15-16-17-19-33-23-18-20-36-28(23)35-26-24(31)25(22(30)21-29)34-27(26)32/h18,20,22,25,29-31,36H,2-17,19,21H2,1H3/t22-,25+/m0/s1. The number of unbranched alkanes of at least 4 members (excludes halogenated alkanes) is 15. The lowest BCUT2D eigenvalue weighted by Gasteiger charge is -2.13. The molecule has 8 heteroatoms. The number of hydrogen-bond acceptors (Lipinski definition) is 7. The third-order valence-electron chi connectivity index (χ3n) is 6.59. The predicted octanol–water partition coefficient (Wildman–Crippen LogP) is 6.79. The van der Waals surface area contributed by atoms with E-state index in [1.165, 1.54) is 89.9 Å². The quantitative estimate of drug-likeness (QED) is 0.113. The highest BCUT2D eigenvalue weighted by molar-refractivity contribution is 7.32. The van der Waals surface area contributed by atoms with E-state index in [9.17, 15) is 15.0 Å². The van der Waals surface area contributed by atoms with Gasteiger partial charge in [-0.3, -0.25) is 0 Å². The summed E-state index contributed by atoms with van der Waals surface area (Å²) in [5.74, 6) is 0.695. The second kappa shape index (κ2) is 18.5. The molecule has 0 fully saturated rings. The number of aliphatic hydroxyl groups is 3. The molecule has 0 aliphatic carbocycles. The molecule has 0 saturated carbocycles. The van der Waals surface area contributed by atoms with Crippen LogP contribution < -0.4 is 9.47 Å². The van der Waals surface area contributed by atoms with Gasteiger partial charge in [0.05, 0.1) is 13.2 Å². The average Bonchev–Trinajstić information content (AvgIpc) is 3.44. The molecule has 2 rings (SSSR count). The Bertz CT molecular complexity index is 761. The van der Waals surface area contributed by atoms with Gasteiger partial charge in [-0.25, -0.2) is 4.79 Å². The van der Waals surface area contributed by atoms with Crippen LogP contribution in [0.15, 0.2) is 23.4 Å². The van der Waals surface area contributed by atoms with Gasteiger partial charge in [0, 0.05) is 0 Å². The van der Waals surface area contributed by atoms with Gasteiger partial charge >= 0.3 is 5.97 Å². The van der Waals surface area contributed by atoms with E-state index in [4.69, 9.17) is 19.3 Å². The van der Waals surface area contributed by atoms with Crippen molar-refractivity contribution in [3.05, 3.63) is 23.4 Å². The average molecular weight is 527 g/mol. The van der Waals surface area contributed by atoms with Crippen molar-refractivity contribution < 1.29 is 34.3 Å². The van der Waals surface area contributed by atoms with Gasteiger partial charge in [0.1, 0.15) is 6.10 Å². The highest BCUT2D eigenvalue weighted by atomic mass is 31.0. The summed E-state index contributed by atoms with van der Waals surface area (Å²) < 4.78 is 16.3. The molecule has 3 atom stereocenters. The third kappa shape index (κ3) is 11.1. The van der Waals surface area contributed by atoms with E-state index >= 15 is 0 Å². The van der Waals surface area contributed by atoms with Crippen LogP contribution in [0.4, 0.5) is 0 Å². The summed E-state index contributed by atoms with van der Waals surface area (Å²) in [5.41, 5.74) is 0.448. The Kier molecular flexibility index (Phi) is 15.7. The van der Waals surface area contributed by atoms with Gasteiger partial charge < -0.3 is 29.5 Å². The highest BCUT2D eigenvalue weighted by Crippen LogP contribution is 2.40. The molecule has 206 valence electrons. The molecule has 1 aromatic rings. The number of carbonyl (C=O) groups excluding carboxylic acids is 1. The number of esters is 1. The predicted molar refractivity (Wildman–Crippen MR) is 144 cm³/mol. The van der Waals surface area contributed by atoms with Crippen LogP contribution in [0.2, 0.25) is 0 Å². The fraction of sp³-hybridized carbons (Fsp3) is 0.750. The van der Waals surface area contributed by atoms with Crippen molar-refractivity contribution in [1.82, 2.24) is 0 Å². The molecule has 36 heavy (non-hydrogen) atoms. The van der Waals surface area contributed by atoms with Crippen LogP contribution in [-0.2, 0) is 9.53 Å². The SMILES string of the molecule is CCCCCCCCCCCCCCCCCCOc1cc[pH]c1OC1=C(O)[C@@H]([C@@H](O)CO)OC1=O. The van der Waals surface area contributed by atoms with Crippen LogP contribution >= 0.6 is 8.19 Å². The molecule has 0 radical (unpaired) electrons. The smallest absolute Gasteiger partial charge is 0.378 e. The summed E-state index contributed by atoms with van der Waals surface area (Å²) in [6.07, 6.45) is 18.4. The van der Waals surface area contributed by atoms with Crippen LogP contribution in [0.5, 0.6) is 11.2 Å². The van der Waals surface area contributed by atoms with Crippen molar-refractivity contribution in [3.63, 3.8) is 0 Å². The molecule has 7 nitrogen and oxygen atoms in total. The van der Waals surface area contributed by atoms with Gasteiger partial charge in [-0.2, -0.15) is 0 Å². The summed E-state index contributed by atoms with van der Waals surface area (Å²) in [4.78, 5) is 12.0. The Balaban J connectivity index is 1.49. The van der Waals surface area contributed by atoms with Crippen molar-refractivity contribution in [3.8, 4) is 11.2 Å². The monoisotopic (exact) mass is 526 g/mol. The molecule has 1 aliphatic heterocycles. The first-order valence-corrected chi connectivity index (χ1v) is 15.1. The number of carbonyl (C=O) groups is 1. The van der Waals surface area contributed by atoms with E-state index in [0.29, 0.717) is 17.8 Å². The zero-order chi connectivity index (χ0) is 26.0. The topological polar surface area (TPSA) is 105 Å². The van der Waals surface area contributed by atoms with Crippen molar-refractivity contribution >= 4 is 14.2 Å². The van der Waals surface area contributed by atoms with E-state index in [1.807, 2.05) is 5.80 Å². The summed E-state index contributed by atoms with van der Waals surface area (Å²) in [5, 5.41) is 28.9. The first-order valence-electron chi connectivity index (χ1n) is 14.0. The lowest BCUT2D eigenvalue weighted by Crippen LogP contribution is -2.31. The minimum Gasteiger partial charge on any atom is -0.505 e. The normalized spacial score (nSPS) is 16.6. The van der Waals surface area contributed by atoms with Crippen LogP contribution in [0.25, 0.3) is 0 Å². The second-order valence-corrected chi connectivity index (χ2v) is 10.8. The van der Waals surface area contributed by atoms with Crippen LogP contribution in [0.3, 0.4) is 0 Å². The van der Waals surface area contributed by atoms with E-state index in [1.54, 1.807) is 6.07 Å². The first-order chi connectivity index (χ1) is 17.6. The van der Waals surface area contributed by atoms with Gasteiger partial charge in [0.25, 0.3) is 5.76 Å². The van der Waals surface area contributed by atoms with Crippen LogP contribution in [0.1, 0.15) is 110 Å². The largest absolute Gasteiger partial charge is 0.505 e. The Morgan fingerprint density at radius 1 is 0.917 bits per heavy atom. The molecule has 1 aliphatic rings.